The number of carbonyl (C=O) groups excluding carboxylic acids is 1. The predicted molar refractivity (Wildman–Crippen MR) is 119 cm³/mol. The number of carbonyl (C=O) groups is 2. The van der Waals surface area contributed by atoms with Gasteiger partial charge in [0, 0.05) is 12.5 Å². The van der Waals surface area contributed by atoms with Gasteiger partial charge in [0.1, 0.15) is 5.75 Å². The number of hydrogen-bond acceptors (Lipinski definition) is 3. The molecule has 0 saturated heterocycles. The normalized spacial score (nSPS) is 18.9. The molecule has 3 rings (SSSR count). The lowest BCUT2D eigenvalue weighted by Crippen LogP contribution is -2.15. The Morgan fingerprint density at radius 1 is 0.970 bits per heavy atom. The minimum Gasteiger partial charge on any atom is -0.478 e. The zero-order chi connectivity index (χ0) is 23.8. The van der Waals surface area contributed by atoms with Crippen molar-refractivity contribution in [1.29, 1.82) is 0 Å². The molecule has 1 fully saturated rings. The van der Waals surface area contributed by atoms with E-state index < -0.39 is 24.5 Å². The summed E-state index contributed by atoms with van der Waals surface area (Å²) in [5, 5.41) is 8.65. The van der Waals surface area contributed by atoms with Gasteiger partial charge in [-0.3, -0.25) is 0 Å². The first-order chi connectivity index (χ1) is 15.7. The first kappa shape index (κ1) is 24.6. The molecule has 0 heterocycles. The highest BCUT2D eigenvalue weighted by Gasteiger charge is 2.28. The van der Waals surface area contributed by atoms with Crippen LogP contribution in [-0.4, -0.2) is 23.2 Å². The quantitative estimate of drug-likeness (QED) is 0.261. The SMILES string of the molecule is O=C(O)/C=C/c1ccc(OC(=O)c2ccc(C3CCC(CCCC(F)(F)F)CC3)cc2)cc1. The fourth-order valence-corrected chi connectivity index (χ4v) is 4.25. The highest BCUT2D eigenvalue weighted by Crippen LogP contribution is 2.38. The van der Waals surface area contributed by atoms with Crippen molar-refractivity contribution in [2.24, 2.45) is 5.92 Å². The fourth-order valence-electron chi connectivity index (χ4n) is 4.25. The summed E-state index contributed by atoms with van der Waals surface area (Å²) in [5.74, 6) is -0.434. The third-order valence-electron chi connectivity index (χ3n) is 6.05. The summed E-state index contributed by atoms with van der Waals surface area (Å²) in [7, 11) is 0. The summed E-state index contributed by atoms with van der Waals surface area (Å²) in [6.07, 6.45) is 2.32. The molecule has 176 valence electrons. The molecule has 0 atom stereocenters. The van der Waals surface area contributed by atoms with Crippen molar-refractivity contribution in [3.8, 4) is 5.75 Å². The van der Waals surface area contributed by atoms with Crippen LogP contribution in [0.4, 0.5) is 13.2 Å². The summed E-state index contributed by atoms with van der Waals surface area (Å²) in [4.78, 5) is 23.0. The van der Waals surface area contributed by atoms with Crippen molar-refractivity contribution in [2.45, 2.75) is 57.0 Å². The van der Waals surface area contributed by atoms with Crippen molar-refractivity contribution in [2.75, 3.05) is 0 Å². The Labute approximate surface area is 191 Å². The molecule has 0 amide bonds. The Hall–Kier alpha value is -3.09. The fraction of sp³-hybridized carbons (Fsp3) is 0.385. The Morgan fingerprint density at radius 3 is 2.18 bits per heavy atom. The van der Waals surface area contributed by atoms with Crippen LogP contribution in [0.5, 0.6) is 5.75 Å². The average Bonchev–Trinajstić information content (AvgIpc) is 2.78. The number of alkyl halides is 3. The van der Waals surface area contributed by atoms with Crippen molar-refractivity contribution >= 4 is 18.0 Å². The minimum atomic E-state index is -4.07. The van der Waals surface area contributed by atoms with Crippen LogP contribution in [-0.2, 0) is 4.79 Å². The van der Waals surface area contributed by atoms with E-state index in [1.807, 2.05) is 12.1 Å². The largest absolute Gasteiger partial charge is 0.478 e. The summed E-state index contributed by atoms with van der Waals surface area (Å²) in [6.45, 7) is 0. The van der Waals surface area contributed by atoms with Crippen molar-refractivity contribution in [1.82, 2.24) is 0 Å². The van der Waals surface area contributed by atoms with E-state index in [0.29, 0.717) is 35.1 Å². The van der Waals surface area contributed by atoms with Gasteiger partial charge in [0.2, 0.25) is 0 Å². The Balaban J connectivity index is 1.48. The third kappa shape index (κ3) is 8.08. The van der Waals surface area contributed by atoms with Crippen LogP contribution in [0.15, 0.2) is 54.6 Å². The second-order valence-electron chi connectivity index (χ2n) is 8.48. The van der Waals surface area contributed by atoms with Gasteiger partial charge >= 0.3 is 18.1 Å². The maximum Gasteiger partial charge on any atom is 0.389 e. The number of hydrogen-bond donors (Lipinski definition) is 1. The lowest BCUT2D eigenvalue weighted by molar-refractivity contribution is -0.136. The minimum absolute atomic E-state index is 0.206. The topological polar surface area (TPSA) is 63.6 Å². The summed E-state index contributed by atoms with van der Waals surface area (Å²) >= 11 is 0. The molecule has 0 aliphatic heterocycles. The number of halogens is 3. The van der Waals surface area contributed by atoms with Crippen molar-refractivity contribution in [3.63, 3.8) is 0 Å². The van der Waals surface area contributed by atoms with Crippen LogP contribution in [0, 0.1) is 5.92 Å². The van der Waals surface area contributed by atoms with Crippen LogP contribution in [0.3, 0.4) is 0 Å². The van der Waals surface area contributed by atoms with Gasteiger partial charge in [-0.25, -0.2) is 9.59 Å². The van der Waals surface area contributed by atoms with E-state index in [2.05, 4.69) is 0 Å². The molecule has 2 aromatic carbocycles. The lowest BCUT2D eigenvalue weighted by atomic mass is 9.77. The van der Waals surface area contributed by atoms with E-state index >= 15 is 0 Å². The summed E-state index contributed by atoms with van der Waals surface area (Å²) in [6, 6.07) is 13.8. The number of benzene rings is 2. The monoisotopic (exact) mass is 460 g/mol. The standard InChI is InChI=1S/C26H27F3O4/c27-26(28,29)17-1-2-18-3-8-20(9-4-18)21-10-12-22(13-11-21)25(32)33-23-14-5-19(6-15-23)7-16-24(30)31/h5-7,10-16,18,20H,1-4,8-9,17H2,(H,30,31)/b16-7+. The molecule has 4 nitrogen and oxygen atoms in total. The van der Waals surface area contributed by atoms with Crippen molar-refractivity contribution < 1.29 is 32.6 Å². The lowest BCUT2D eigenvalue weighted by Gasteiger charge is -2.29. The molecule has 1 aliphatic rings. The van der Waals surface area contributed by atoms with E-state index in [4.69, 9.17) is 9.84 Å². The Bertz CT molecular complexity index is 955. The molecule has 7 heteroatoms. The number of ether oxygens (including phenoxy) is 1. The maximum atomic E-state index is 12.4. The molecule has 0 bridgehead atoms. The van der Waals surface area contributed by atoms with Crippen LogP contribution in [0.25, 0.3) is 6.08 Å². The number of rotatable bonds is 8. The zero-order valence-electron chi connectivity index (χ0n) is 18.2. The van der Waals surface area contributed by atoms with Crippen LogP contribution in [0.2, 0.25) is 0 Å². The maximum absolute atomic E-state index is 12.4. The second-order valence-corrected chi connectivity index (χ2v) is 8.48. The van der Waals surface area contributed by atoms with E-state index in [1.54, 1.807) is 36.4 Å². The van der Waals surface area contributed by atoms with Gasteiger partial charge in [0.15, 0.2) is 0 Å². The highest BCUT2D eigenvalue weighted by molar-refractivity contribution is 5.91. The highest BCUT2D eigenvalue weighted by atomic mass is 19.4. The Morgan fingerprint density at radius 2 is 1.61 bits per heavy atom. The van der Waals surface area contributed by atoms with Crippen molar-refractivity contribution in [3.05, 3.63) is 71.3 Å². The zero-order valence-corrected chi connectivity index (χ0v) is 18.2. The van der Waals surface area contributed by atoms with Crippen LogP contribution < -0.4 is 4.74 Å². The average molecular weight is 460 g/mol. The second kappa shape index (κ2) is 11.2. The molecular weight excluding hydrogens is 433 g/mol. The molecule has 0 radical (unpaired) electrons. The Kier molecular flexibility index (Phi) is 8.31. The first-order valence-electron chi connectivity index (χ1n) is 11.1. The molecule has 1 saturated carbocycles. The molecule has 33 heavy (non-hydrogen) atoms. The van der Waals surface area contributed by atoms with E-state index in [0.717, 1.165) is 37.3 Å². The molecule has 1 aliphatic carbocycles. The van der Waals surface area contributed by atoms with Gasteiger partial charge in [-0.2, -0.15) is 13.2 Å². The molecular formula is C26H27F3O4. The number of esters is 1. The first-order valence-corrected chi connectivity index (χ1v) is 11.1. The molecule has 0 unspecified atom stereocenters. The predicted octanol–water partition coefficient (Wildman–Crippen LogP) is 7.01. The van der Waals surface area contributed by atoms with Gasteiger partial charge in [0.25, 0.3) is 0 Å². The van der Waals surface area contributed by atoms with E-state index in [9.17, 15) is 22.8 Å². The molecule has 0 aromatic heterocycles. The van der Waals surface area contributed by atoms with Gasteiger partial charge in [-0.1, -0.05) is 30.7 Å². The molecule has 0 spiro atoms. The number of aliphatic carboxylic acids is 1. The van der Waals surface area contributed by atoms with E-state index in [1.165, 1.54) is 6.08 Å². The smallest absolute Gasteiger partial charge is 0.389 e. The molecule has 1 N–H and O–H groups in total. The van der Waals surface area contributed by atoms with E-state index in [-0.39, 0.29) is 6.42 Å². The summed E-state index contributed by atoms with van der Waals surface area (Å²) in [5.41, 5.74) is 2.24. The van der Waals surface area contributed by atoms with Crippen LogP contribution in [0.1, 0.15) is 72.3 Å². The molecule has 2 aromatic rings. The summed E-state index contributed by atoms with van der Waals surface area (Å²) < 4.78 is 42.3. The van der Waals surface area contributed by atoms with Gasteiger partial charge in [-0.15, -0.1) is 0 Å². The van der Waals surface area contributed by atoms with Gasteiger partial charge in [0.05, 0.1) is 5.56 Å². The van der Waals surface area contributed by atoms with Gasteiger partial charge in [-0.05, 0) is 85.4 Å². The third-order valence-corrected chi connectivity index (χ3v) is 6.05. The number of carboxylic acids is 1. The van der Waals surface area contributed by atoms with Crippen LogP contribution >= 0.6 is 0 Å². The number of carboxylic acid groups (broad SMARTS) is 1. The van der Waals surface area contributed by atoms with Gasteiger partial charge < -0.3 is 9.84 Å².